The molecular weight excluding hydrogens is 521 g/mol. The average molecular weight is 570 g/mol. The molecule has 0 aromatic heterocycles. The molecule has 3 N–H and O–H groups in total. The molecule has 0 aromatic carbocycles. The van der Waals surface area contributed by atoms with Crippen LogP contribution in [0.4, 0.5) is 4.39 Å². The number of Topliss-reactive ketones (excluding diaryl/α,β-unsaturated/α-hetero) is 1. The summed E-state index contributed by atoms with van der Waals surface area (Å²) in [6, 6.07) is 0. The van der Waals surface area contributed by atoms with E-state index in [2.05, 4.69) is 32.1 Å². The minimum Gasteiger partial charge on any atom is -0.390 e. The second kappa shape index (κ2) is 10.4. The highest BCUT2D eigenvalue weighted by molar-refractivity contribution is 6.01. The highest BCUT2D eigenvalue weighted by Gasteiger charge is 2.78. The minimum atomic E-state index is -2.04. The van der Waals surface area contributed by atoms with E-state index >= 15 is 4.39 Å². The maximum Gasteiger partial charge on any atom is 0.178 e. The van der Waals surface area contributed by atoms with E-state index in [-0.39, 0.29) is 48.2 Å². The Balaban J connectivity index is 1.57. The number of aliphatic hydroxyl groups excluding tert-OH is 2. The molecule has 0 spiro atoms. The van der Waals surface area contributed by atoms with Crippen molar-refractivity contribution in [3.8, 4) is 0 Å². The lowest BCUT2D eigenvalue weighted by molar-refractivity contribution is -0.248. The number of allylic oxidation sites excluding steroid dienone is 7. The monoisotopic (exact) mass is 569 g/mol. The first-order chi connectivity index (χ1) is 19.2. The number of fused-ring (bicyclic) bond motifs is 5. The van der Waals surface area contributed by atoms with Crippen molar-refractivity contribution >= 4 is 11.6 Å². The Morgan fingerprint density at radius 3 is 2.51 bits per heavy atom. The lowest BCUT2D eigenvalue weighted by Crippen LogP contribution is -2.72. The van der Waals surface area contributed by atoms with Gasteiger partial charge in [-0.3, -0.25) is 9.59 Å². The van der Waals surface area contributed by atoms with E-state index in [1.807, 2.05) is 27.7 Å². The molecule has 5 aliphatic rings. The van der Waals surface area contributed by atoms with Gasteiger partial charge in [-0.2, -0.15) is 5.06 Å². The van der Waals surface area contributed by atoms with E-state index < -0.39 is 46.5 Å². The predicted molar refractivity (Wildman–Crippen MR) is 156 cm³/mol. The number of alkyl halides is 1. The van der Waals surface area contributed by atoms with Gasteiger partial charge in [0.05, 0.1) is 6.10 Å². The first-order valence-electron chi connectivity index (χ1n) is 15.4. The molecule has 0 aromatic rings. The number of nitrogens with zero attached hydrogens (tertiary/aromatic N) is 1. The number of ketones is 2. The second-order valence-electron chi connectivity index (χ2n) is 14.6. The fourth-order valence-corrected chi connectivity index (χ4v) is 10.6. The number of carbonyl (C=O) groups excluding carboxylic acids is 2. The van der Waals surface area contributed by atoms with Crippen molar-refractivity contribution in [1.29, 1.82) is 0 Å². The zero-order valence-corrected chi connectivity index (χ0v) is 25.4. The van der Waals surface area contributed by atoms with Gasteiger partial charge in [0.25, 0.3) is 0 Å². The van der Waals surface area contributed by atoms with E-state index in [0.717, 1.165) is 12.0 Å². The van der Waals surface area contributed by atoms with Crippen molar-refractivity contribution in [2.75, 3.05) is 19.7 Å². The van der Waals surface area contributed by atoms with Gasteiger partial charge in [-0.15, -0.1) is 0 Å². The molecule has 5 rings (SSSR count). The quantitative estimate of drug-likeness (QED) is 0.363. The van der Waals surface area contributed by atoms with Crippen LogP contribution in [0.3, 0.4) is 0 Å². The van der Waals surface area contributed by atoms with Crippen LogP contribution in [0.15, 0.2) is 47.6 Å². The van der Waals surface area contributed by atoms with Crippen LogP contribution in [-0.2, 0) is 9.59 Å². The molecule has 226 valence electrons. The first-order valence-corrected chi connectivity index (χ1v) is 15.4. The van der Waals surface area contributed by atoms with Gasteiger partial charge in [0.15, 0.2) is 17.2 Å². The SMILES string of the molecule is CC1=CCC(CN(O)CC2CC3(C(C)C)C4CC(C)C5=CC(=O)C=CC5(C)C4(F)C(O)CC3(C)C2C(=O)CO)C=C1. The highest BCUT2D eigenvalue weighted by Crippen LogP contribution is 2.77. The van der Waals surface area contributed by atoms with Gasteiger partial charge < -0.3 is 15.4 Å². The molecule has 0 heterocycles. The Hall–Kier alpha value is -1.93. The topological polar surface area (TPSA) is 98.1 Å². The maximum absolute atomic E-state index is 18.1. The van der Waals surface area contributed by atoms with Crippen LogP contribution in [0, 0.1) is 51.8 Å². The zero-order valence-electron chi connectivity index (χ0n) is 25.4. The molecule has 41 heavy (non-hydrogen) atoms. The van der Waals surface area contributed by atoms with Gasteiger partial charge in [0, 0.05) is 30.3 Å². The number of carbonyl (C=O) groups is 2. The van der Waals surface area contributed by atoms with Crippen LogP contribution in [0.2, 0.25) is 0 Å². The van der Waals surface area contributed by atoms with Crippen LogP contribution in [0.1, 0.15) is 67.2 Å². The van der Waals surface area contributed by atoms with Gasteiger partial charge in [0.1, 0.15) is 6.61 Å². The number of aliphatic hydroxyl groups is 2. The van der Waals surface area contributed by atoms with Crippen molar-refractivity contribution in [3.05, 3.63) is 47.6 Å². The largest absolute Gasteiger partial charge is 0.390 e. The number of hydroxylamine groups is 2. The molecule has 3 saturated carbocycles. The summed E-state index contributed by atoms with van der Waals surface area (Å²) < 4.78 is 18.1. The van der Waals surface area contributed by atoms with Gasteiger partial charge in [-0.05, 0) is 86.2 Å². The predicted octanol–water partition coefficient (Wildman–Crippen LogP) is 5.25. The van der Waals surface area contributed by atoms with E-state index in [1.165, 1.54) is 16.7 Å². The summed E-state index contributed by atoms with van der Waals surface area (Å²) in [7, 11) is 0. The summed E-state index contributed by atoms with van der Waals surface area (Å²) in [5.41, 5.74) is -2.72. The van der Waals surface area contributed by atoms with Crippen LogP contribution in [0.5, 0.6) is 0 Å². The molecule has 10 atom stereocenters. The zero-order chi connectivity index (χ0) is 30.1. The second-order valence-corrected chi connectivity index (χ2v) is 14.6. The molecule has 0 amide bonds. The van der Waals surface area contributed by atoms with Gasteiger partial charge in [-0.1, -0.05) is 63.1 Å². The summed E-state index contributed by atoms with van der Waals surface area (Å²) in [4.78, 5) is 26.0. The minimum absolute atomic E-state index is 0.0313. The lowest BCUT2D eigenvalue weighted by atomic mass is 9.37. The summed E-state index contributed by atoms with van der Waals surface area (Å²) in [5.74, 6) is -1.94. The molecule has 3 fully saturated rings. The van der Waals surface area contributed by atoms with Gasteiger partial charge in [0.2, 0.25) is 0 Å². The molecule has 0 aliphatic heterocycles. The standard InChI is InChI=1S/C34H48FNO5/c1-20(2)33-15-24(18-36(41)17-23-9-7-21(3)8-10-23)30(27(39)19-37)32(33,6)16-29(40)34(35)28(33)13-22(4)26-14-25(38)11-12-31(26,34)5/h7-9,11-12,14,20,22-24,28-30,37,40-41H,10,13,15-19H2,1-6H3. The van der Waals surface area contributed by atoms with Crippen LogP contribution >= 0.6 is 0 Å². The fraction of sp³-hybridized carbons (Fsp3) is 0.706. The summed E-state index contributed by atoms with van der Waals surface area (Å²) in [6.07, 6.45) is 11.5. The number of halogens is 1. The Morgan fingerprint density at radius 2 is 1.90 bits per heavy atom. The molecular formula is C34H48FNO5. The Morgan fingerprint density at radius 1 is 1.20 bits per heavy atom. The number of hydrogen-bond acceptors (Lipinski definition) is 6. The molecule has 10 unspecified atom stereocenters. The molecule has 6 nitrogen and oxygen atoms in total. The van der Waals surface area contributed by atoms with Crippen LogP contribution in [0.25, 0.3) is 0 Å². The summed E-state index contributed by atoms with van der Waals surface area (Å²) >= 11 is 0. The summed E-state index contributed by atoms with van der Waals surface area (Å²) in [5, 5.41) is 34.5. The normalized spacial score (nSPS) is 45.3. The Bertz CT molecular complexity index is 1220. The average Bonchev–Trinajstić information content (AvgIpc) is 3.16. The first kappa shape index (κ1) is 30.5. The molecule has 7 heteroatoms. The third kappa shape index (κ3) is 4.24. The van der Waals surface area contributed by atoms with E-state index in [0.29, 0.717) is 19.4 Å². The number of hydrogen-bond donors (Lipinski definition) is 3. The smallest absolute Gasteiger partial charge is 0.178 e. The van der Waals surface area contributed by atoms with Crippen molar-refractivity contribution in [2.24, 2.45) is 51.8 Å². The van der Waals surface area contributed by atoms with Gasteiger partial charge >= 0.3 is 0 Å². The lowest BCUT2D eigenvalue weighted by Gasteiger charge is -2.68. The third-order valence-electron chi connectivity index (χ3n) is 12.2. The van der Waals surface area contributed by atoms with Crippen LogP contribution in [-0.4, -0.2) is 63.5 Å². The van der Waals surface area contributed by atoms with Crippen molar-refractivity contribution in [2.45, 2.75) is 79.0 Å². The molecule has 0 radical (unpaired) electrons. The fourth-order valence-electron chi connectivity index (χ4n) is 10.6. The van der Waals surface area contributed by atoms with E-state index in [9.17, 15) is 25.0 Å². The number of rotatable bonds is 7. The van der Waals surface area contributed by atoms with Crippen molar-refractivity contribution in [1.82, 2.24) is 5.06 Å². The third-order valence-corrected chi connectivity index (χ3v) is 12.2. The van der Waals surface area contributed by atoms with Crippen molar-refractivity contribution in [3.63, 3.8) is 0 Å². The van der Waals surface area contributed by atoms with Crippen LogP contribution < -0.4 is 0 Å². The van der Waals surface area contributed by atoms with E-state index in [4.69, 9.17) is 0 Å². The summed E-state index contributed by atoms with van der Waals surface area (Å²) in [6.45, 7) is 12.1. The molecule has 0 bridgehead atoms. The maximum atomic E-state index is 18.1. The Labute approximate surface area is 244 Å². The molecule has 0 saturated heterocycles. The molecule has 5 aliphatic carbocycles. The highest BCUT2D eigenvalue weighted by atomic mass is 19.1. The van der Waals surface area contributed by atoms with Crippen molar-refractivity contribution < 1.29 is 29.4 Å². The Kier molecular flexibility index (Phi) is 7.71. The van der Waals surface area contributed by atoms with Gasteiger partial charge in [-0.25, -0.2) is 4.39 Å². The van der Waals surface area contributed by atoms with E-state index in [1.54, 1.807) is 12.2 Å².